The summed E-state index contributed by atoms with van der Waals surface area (Å²) in [5, 5.41) is 0. The van der Waals surface area contributed by atoms with Crippen molar-refractivity contribution in [1.82, 2.24) is 9.97 Å². The predicted molar refractivity (Wildman–Crippen MR) is 124 cm³/mol. The highest BCUT2D eigenvalue weighted by Crippen LogP contribution is 2.27. The van der Waals surface area contributed by atoms with Gasteiger partial charge in [-0.1, -0.05) is 42.5 Å². The van der Waals surface area contributed by atoms with Crippen molar-refractivity contribution in [2.45, 2.75) is 13.5 Å². The van der Waals surface area contributed by atoms with E-state index in [1.54, 1.807) is 12.1 Å². The molecule has 6 heteroatoms. The van der Waals surface area contributed by atoms with Crippen molar-refractivity contribution in [3.63, 3.8) is 0 Å². The summed E-state index contributed by atoms with van der Waals surface area (Å²) < 4.78 is 10.7. The van der Waals surface area contributed by atoms with Crippen LogP contribution in [0.3, 0.4) is 0 Å². The number of esters is 1. The number of aromatic amines is 1. The van der Waals surface area contributed by atoms with Crippen molar-refractivity contribution in [2.75, 3.05) is 7.11 Å². The van der Waals surface area contributed by atoms with Gasteiger partial charge in [-0.05, 0) is 48.4 Å². The molecule has 4 rings (SSSR count). The molecule has 0 amide bonds. The Balaban J connectivity index is 0.00000272. The fourth-order valence-electron chi connectivity index (χ4n) is 3.21. The molecule has 158 valence electrons. The third-order valence-corrected chi connectivity index (χ3v) is 4.88. The van der Waals surface area contributed by atoms with Crippen molar-refractivity contribution < 1.29 is 14.3 Å². The van der Waals surface area contributed by atoms with Crippen LogP contribution in [0.25, 0.3) is 22.6 Å². The zero-order chi connectivity index (χ0) is 20.9. The van der Waals surface area contributed by atoms with Gasteiger partial charge >= 0.3 is 5.97 Å². The molecular weight excluding hydrogens is 412 g/mol. The molecule has 31 heavy (non-hydrogen) atoms. The number of carbonyl (C=O) groups is 1. The highest BCUT2D eigenvalue weighted by Gasteiger charge is 2.10. The van der Waals surface area contributed by atoms with E-state index >= 15 is 0 Å². The van der Waals surface area contributed by atoms with Gasteiger partial charge in [0.2, 0.25) is 0 Å². The fourth-order valence-corrected chi connectivity index (χ4v) is 3.21. The van der Waals surface area contributed by atoms with Crippen LogP contribution in [0.15, 0.2) is 79.0 Å². The molecule has 0 bridgehead atoms. The van der Waals surface area contributed by atoms with E-state index in [9.17, 15) is 4.79 Å². The van der Waals surface area contributed by atoms with Gasteiger partial charge in [0, 0.05) is 11.1 Å². The molecule has 1 aromatic heterocycles. The zero-order valence-corrected chi connectivity index (χ0v) is 18.1. The van der Waals surface area contributed by atoms with Crippen molar-refractivity contribution in [3.05, 3.63) is 95.7 Å². The van der Waals surface area contributed by atoms with E-state index in [1.165, 1.54) is 7.11 Å². The van der Waals surface area contributed by atoms with Crippen LogP contribution in [0.1, 0.15) is 21.5 Å². The van der Waals surface area contributed by atoms with Crippen molar-refractivity contribution in [3.8, 4) is 28.4 Å². The molecule has 0 saturated heterocycles. The first kappa shape index (κ1) is 22.1. The number of ether oxygens (including phenoxy) is 2. The molecule has 0 saturated carbocycles. The smallest absolute Gasteiger partial charge is 0.337 e. The second-order valence-corrected chi connectivity index (χ2v) is 6.97. The topological polar surface area (TPSA) is 64.2 Å². The molecule has 1 N–H and O–H groups in total. The third kappa shape index (κ3) is 5.13. The van der Waals surface area contributed by atoms with Crippen LogP contribution in [0, 0.1) is 6.92 Å². The maximum absolute atomic E-state index is 11.6. The van der Waals surface area contributed by atoms with E-state index in [1.807, 2.05) is 67.7 Å². The number of H-pyrrole nitrogens is 1. The second kappa shape index (κ2) is 9.96. The van der Waals surface area contributed by atoms with Crippen LogP contribution in [-0.4, -0.2) is 23.0 Å². The number of methoxy groups -OCH3 is 1. The molecule has 1 heterocycles. The largest absolute Gasteiger partial charge is 0.489 e. The number of aryl methyl sites for hydroxylation is 1. The van der Waals surface area contributed by atoms with Gasteiger partial charge in [-0.25, -0.2) is 9.78 Å². The van der Waals surface area contributed by atoms with E-state index in [4.69, 9.17) is 9.47 Å². The summed E-state index contributed by atoms with van der Waals surface area (Å²) in [6.07, 6.45) is 1.81. The maximum atomic E-state index is 11.6. The number of nitrogens with zero attached hydrogens (tertiary/aromatic N) is 1. The van der Waals surface area contributed by atoms with Crippen LogP contribution < -0.4 is 4.74 Å². The number of hydrogen-bond donors (Lipinski definition) is 1. The van der Waals surface area contributed by atoms with Crippen molar-refractivity contribution >= 4 is 18.4 Å². The van der Waals surface area contributed by atoms with Gasteiger partial charge in [-0.3, -0.25) is 0 Å². The Hall–Kier alpha value is -3.57. The Labute approximate surface area is 187 Å². The lowest BCUT2D eigenvalue weighted by Crippen LogP contribution is -2.00. The van der Waals surface area contributed by atoms with Gasteiger partial charge in [-0.15, -0.1) is 12.4 Å². The summed E-state index contributed by atoms with van der Waals surface area (Å²) in [5.41, 5.74) is 5.55. The number of hydrogen-bond acceptors (Lipinski definition) is 4. The molecule has 0 atom stereocenters. The Morgan fingerprint density at radius 3 is 2.35 bits per heavy atom. The Kier molecular flexibility index (Phi) is 7.11. The molecule has 0 aliphatic rings. The molecule has 5 nitrogen and oxygen atoms in total. The molecule has 0 spiro atoms. The lowest BCUT2D eigenvalue weighted by atomic mass is 10.1. The van der Waals surface area contributed by atoms with Crippen LogP contribution >= 0.6 is 12.4 Å². The van der Waals surface area contributed by atoms with E-state index in [-0.39, 0.29) is 18.4 Å². The second-order valence-electron chi connectivity index (χ2n) is 6.97. The summed E-state index contributed by atoms with van der Waals surface area (Å²) in [6.45, 7) is 2.57. The van der Waals surface area contributed by atoms with Crippen LogP contribution in [0.5, 0.6) is 5.75 Å². The molecule has 0 aliphatic heterocycles. The highest BCUT2D eigenvalue weighted by atomic mass is 35.5. The fraction of sp³-hybridized carbons (Fsp3) is 0.120. The van der Waals surface area contributed by atoms with Gasteiger partial charge in [0.1, 0.15) is 18.2 Å². The standard InChI is InChI=1S/C25H22N2O3.ClH/c1-17-14-21(12-13-23(17)30-16-18-6-4-3-5-7-18)22-15-26-24(27-22)19-8-10-20(11-9-19)25(28)29-2;/h3-15H,16H2,1-2H3,(H,26,27);1H. The normalized spacial score (nSPS) is 10.3. The summed E-state index contributed by atoms with van der Waals surface area (Å²) in [5.74, 6) is 1.25. The SMILES string of the molecule is COC(=O)c1ccc(-c2ncc(-c3ccc(OCc4ccccc4)c(C)c3)[nH]2)cc1.Cl. The van der Waals surface area contributed by atoms with Gasteiger partial charge in [0.15, 0.2) is 0 Å². The molecular formula is C25H23ClN2O3. The first-order chi connectivity index (χ1) is 14.6. The minimum Gasteiger partial charge on any atom is -0.489 e. The first-order valence-electron chi connectivity index (χ1n) is 9.65. The number of benzene rings is 3. The Morgan fingerprint density at radius 2 is 1.68 bits per heavy atom. The Bertz CT molecular complexity index is 1160. The van der Waals surface area contributed by atoms with E-state index < -0.39 is 0 Å². The summed E-state index contributed by atoms with van der Waals surface area (Å²) >= 11 is 0. The summed E-state index contributed by atoms with van der Waals surface area (Å²) in [4.78, 5) is 19.4. The lowest BCUT2D eigenvalue weighted by molar-refractivity contribution is 0.0600. The minimum atomic E-state index is -0.355. The predicted octanol–water partition coefficient (Wildman–Crippen LogP) is 5.84. The molecule has 0 unspecified atom stereocenters. The molecule has 4 aromatic rings. The maximum Gasteiger partial charge on any atom is 0.337 e. The molecule has 3 aromatic carbocycles. The molecule has 0 radical (unpaired) electrons. The number of nitrogens with one attached hydrogen (secondary N) is 1. The highest BCUT2D eigenvalue weighted by molar-refractivity contribution is 5.89. The van der Waals surface area contributed by atoms with Crippen LogP contribution in [-0.2, 0) is 11.3 Å². The number of carbonyl (C=O) groups excluding carboxylic acids is 1. The number of imidazole rings is 1. The van der Waals surface area contributed by atoms with Crippen LogP contribution in [0.4, 0.5) is 0 Å². The molecule has 0 aliphatic carbocycles. The van der Waals surface area contributed by atoms with Crippen molar-refractivity contribution in [1.29, 1.82) is 0 Å². The lowest BCUT2D eigenvalue weighted by Gasteiger charge is -2.10. The van der Waals surface area contributed by atoms with Gasteiger partial charge in [0.05, 0.1) is 24.6 Å². The Morgan fingerprint density at radius 1 is 0.968 bits per heavy atom. The monoisotopic (exact) mass is 434 g/mol. The average molecular weight is 435 g/mol. The molecule has 0 fully saturated rings. The quantitative estimate of drug-likeness (QED) is 0.387. The third-order valence-electron chi connectivity index (χ3n) is 4.88. The average Bonchev–Trinajstić information content (AvgIpc) is 3.29. The zero-order valence-electron chi connectivity index (χ0n) is 17.3. The summed E-state index contributed by atoms with van der Waals surface area (Å²) in [6, 6.07) is 23.3. The number of aromatic nitrogens is 2. The van der Waals surface area contributed by atoms with E-state index in [0.29, 0.717) is 12.2 Å². The van der Waals surface area contributed by atoms with Crippen molar-refractivity contribution in [2.24, 2.45) is 0 Å². The first-order valence-corrected chi connectivity index (χ1v) is 9.65. The minimum absolute atomic E-state index is 0. The summed E-state index contributed by atoms with van der Waals surface area (Å²) in [7, 11) is 1.37. The van der Waals surface area contributed by atoms with Gasteiger partial charge in [0.25, 0.3) is 0 Å². The van der Waals surface area contributed by atoms with E-state index in [0.717, 1.165) is 39.5 Å². The number of halogens is 1. The van der Waals surface area contributed by atoms with Gasteiger partial charge < -0.3 is 14.5 Å². The van der Waals surface area contributed by atoms with Gasteiger partial charge in [-0.2, -0.15) is 0 Å². The van der Waals surface area contributed by atoms with E-state index in [2.05, 4.69) is 16.0 Å². The number of rotatable bonds is 6. The van der Waals surface area contributed by atoms with Crippen LogP contribution in [0.2, 0.25) is 0 Å².